The number of nitrogens with one attached hydrogen (secondary N) is 1. The summed E-state index contributed by atoms with van der Waals surface area (Å²) in [6, 6.07) is 0. The van der Waals surface area contributed by atoms with Gasteiger partial charge in [-0.05, 0) is 29.0 Å². The molecular formula is C23H39IN2O5. The molecule has 7 nitrogen and oxygen atoms in total. The molecule has 0 bridgehead atoms. The Labute approximate surface area is 199 Å². The number of rotatable bonds is 19. The Bertz CT molecular complexity index is 717. The van der Waals surface area contributed by atoms with Crippen LogP contribution in [0.25, 0.3) is 0 Å². The minimum absolute atomic E-state index is 0.00201. The van der Waals surface area contributed by atoms with Crippen LogP contribution >= 0.6 is 22.6 Å². The molecule has 1 N–H and O–H groups in total. The first kappa shape index (κ1) is 27.9. The average Bonchev–Trinajstić information content (AvgIpc) is 2.74. The van der Waals surface area contributed by atoms with Crippen LogP contribution in [-0.4, -0.2) is 28.7 Å². The Morgan fingerprint density at radius 3 is 2.03 bits per heavy atom. The SMILES string of the molecule is CCCCCCCCCCCCCCCC(=O)OCCOCn1cc(I)c(=O)[nH]c1=O. The fourth-order valence-electron chi connectivity index (χ4n) is 3.32. The first-order valence-electron chi connectivity index (χ1n) is 11.8. The number of hydrogen-bond acceptors (Lipinski definition) is 5. The summed E-state index contributed by atoms with van der Waals surface area (Å²) in [4.78, 5) is 36.9. The van der Waals surface area contributed by atoms with Crippen LogP contribution in [0.15, 0.2) is 15.8 Å². The van der Waals surface area contributed by atoms with E-state index in [4.69, 9.17) is 9.47 Å². The van der Waals surface area contributed by atoms with Crippen molar-refractivity contribution in [2.24, 2.45) is 0 Å². The number of H-pyrrole nitrogens is 1. The number of hydrogen-bond donors (Lipinski definition) is 1. The monoisotopic (exact) mass is 550 g/mol. The standard InChI is InChI=1S/C23H39IN2O5/c1-2-3-4-5-6-7-8-9-10-11-12-13-14-15-21(27)31-17-16-30-19-26-18-20(24)22(28)25-23(26)29/h18H,2-17,19H2,1H3,(H,25,28,29). The van der Waals surface area contributed by atoms with Gasteiger partial charge in [0, 0.05) is 12.6 Å². The van der Waals surface area contributed by atoms with Crippen molar-refractivity contribution >= 4 is 28.6 Å². The van der Waals surface area contributed by atoms with Gasteiger partial charge in [0.05, 0.1) is 10.2 Å². The second-order valence-electron chi connectivity index (χ2n) is 7.96. The molecule has 0 spiro atoms. The maximum absolute atomic E-state index is 11.7. The van der Waals surface area contributed by atoms with E-state index in [1.807, 2.05) is 22.6 Å². The van der Waals surface area contributed by atoms with Crippen LogP contribution in [0.3, 0.4) is 0 Å². The molecule has 0 aliphatic heterocycles. The van der Waals surface area contributed by atoms with E-state index in [0.717, 1.165) is 12.8 Å². The van der Waals surface area contributed by atoms with Gasteiger partial charge >= 0.3 is 11.7 Å². The fourth-order valence-corrected chi connectivity index (χ4v) is 3.79. The number of nitrogens with zero attached hydrogens (tertiary/aromatic N) is 1. The van der Waals surface area contributed by atoms with E-state index in [-0.39, 0.29) is 25.9 Å². The molecule has 0 aliphatic carbocycles. The number of carbonyl (C=O) groups is 1. The highest BCUT2D eigenvalue weighted by molar-refractivity contribution is 14.1. The number of aromatic amines is 1. The molecule has 0 aromatic carbocycles. The number of aromatic nitrogens is 2. The highest BCUT2D eigenvalue weighted by atomic mass is 127. The van der Waals surface area contributed by atoms with E-state index in [2.05, 4.69) is 11.9 Å². The van der Waals surface area contributed by atoms with Crippen LogP contribution in [0.1, 0.15) is 96.8 Å². The lowest BCUT2D eigenvalue weighted by atomic mass is 10.0. The average molecular weight is 550 g/mol. The van der Waals surface area contributed by atoms with Crippen LogP contribution in [0.2, 0.25) is 0 Å². The summed E-state index contributed by atoms with van der Waals surface area (Å²) in [6.45, 7) is 2.62. The molecule has 0 fully saturated rings. The van der Waals surface area contributed by atoms with Gasteiger partial charge in [0.25, 0.3) is 5.56 Å². The van der Waals surface area contributed by atoms with Gasteiger partial charge < -0.3 is 9.47 Å². The Morgan fingerprint density at radius 2 is 1.45 bits per heavy atom. The van der Waals surface area contributed by atoms with Gasteiger partial charge in [-0.2, -0.15) is 0 Å². The lowest BCUT2D eigenvalue weighted by Crippen LogP contribution is -2.31. The Hall–Kier alpha value is -1.16. The van der Waals surface area contributed by atoms with Crippen LogP contribution in [-0.2, 0) is 21.0 Å². The molecule has 0 atom stereocenters. The number of ether oxygens (including phenoxy) is 2. The zero-order valence-electron chi connectivity index (χ0n) is 19.0. The number of carbonyl (C=O) groups excluding carboxylic acids is 1. The molecule has 0 saturated carbocycles. The summed E-state index contributed by atoms with van der Waals surface area (Å²) in [7, 11) is 0. The molecule has 0 saturated heterocycles. The molecule has 178 valence electrons. The largest absolute Gasteiger partial charge is 0.463 e. The normalized spacial score (nSPS) is 11.0. The van der Waals surface area contributed by atoms with Gasteiger partial charge in [0.1, 0.15) is 13.3 Å². The zero-order valence-corrected chi connectivity index (χ0v) is 21.1. The smallest absolute Gasteiger partial charge is 0.330 e. The molecular weight excluding hydrogens is 511 g/mol. The first-order valence-corrected chi connectivity index (χ1v) is 12.8. The number of halogens is 1. The third-order valence-corrected chi connectivity index (χ3v) is 5.94. The van der Waals surface area contributed by atoms with Gasteiger partial charge in [-0.3, -0.25) is 19.1 Å². The van der Waals surface area contributed by atoms with Gasteiger partial charge in [-0.25, -0.2) is 4.79 Å². The van der Waals surface area contributed by atoms with Crippen LogP contribution in [0.4, 0.5) is 0 Å². The Balaban J connectivity index is 1.89. The van der Waals surface area contributed by atoms with Crippen molar-refractivity contribution < 1.29 is 14.3 Å². The second-order valence-corrected chi connectivity index (χ2v) is 9.12. The lowest BCUT2D eigenvalue weighted by molar-refractivity contribution is -0.145. The van der Waals surface area contributed by atoms with Crippen molar-refractivity contribution in [2.75, 3.05) is 13.2 Å². The predicted molar refractivity (Wildman–Crippen MR) is 131 cm³/mol. The van der Waals surface area contributed by atoms with E-state index < -0.39 is 11.2 Å². The summed E-state index contributed by atoms with van der Waals surface area (Å²) in [6.07, 6.45) is 18.5. The highest BCUT2D eigenvalue weighted by Crippen LogP contribution is 2.13. The second kappa shape index (κ2) is 18.4. The third-order valence-electron chi connectivity index (χ3n) is 5.17. The van der Waals surface area contributed by atoms with Gasteiger partial charge in [-0.1, -0.05) is 84.0 Å². The fraction of sp³-hybridized carbons (Fsp3) is 0.783. The van der Waals surface area contributed by atoms with E-state index in [1.165, 1.54) is 81.4 Å². The third kappa shape index (κ3) is 14.5. The summed E-state index contributed by atoms with van der Waals surface area (Å²) >= 11 is 1.85. The summed E-state index contributed by atoms with van der Waals surface area (Å²) in [5, 5.41) is 0. The van der Waals surface area contributed by atoms with E-state index in [0.29, 0.717) is 9.99 Å². The van der Waals surface area contributed by atoms with E-state index in [1.54, 1.807) is 0 Å². The quantitative estimate of drug-likeness (QED) is 0.146. The van der Waals surface area contributed by atoms with E-state index >= 15 is 0 Å². The lowest BCUT2D eigenvalue weighted by Gasteiger charge is -2.08. The van der Waals surface area contributed by atoms with Crippen molar-refractivity contribution in [1.29, 1.82) is 0 Å². The topological polar surface area (TPSA) is 90.4 Å². The molecule has 8 heteroatoms. The molecule has 0 aliphatic rings. The molecule has 1 aromatic heterocycles. The van der Waals surface area contributed by atoms with Crippen LogP contribution < -0.4 is 11.2 Å². The minimum atomic E-state index is -0.523. The molecule has 31 heavy (non-hydrogen) atoms. The summed E-state index contributed by atoms with van der Waals surface area (Å²) < 4.78 is 12.1. The predicted octanol–water partition coefficient (Wildman–Crippen LogP) is 5.14. The van der Waals surface area contributed by atoms with Crippen molar-refractivity contribution in [3.05, 3.63) is 30.6 Å². The summed E-state index contributed by atoms with van der Waals surface area (Å²) in [5.74, 6) is -0.206. The van der Waals surface area contributed by atoms with Gasteiger partial charge in [0.2, 0.25) is 0 Å². The maximum Gasteiger partial charge on any atom is 0.330 e. The Kier molecular flexibility index (Phi) is 16.6. The van der Waals surface area contributed by atoms with Crippen LogP contribution in [0.5, 0.6) is 0 Å². The molecule has 1 rings (SSSR count). The van der Waals surface area contributed by atoms with Crippen LogP contribution in [0, 0.1) is 3.57 Å². The number of esters is 1. The van der Waals surface area contributed by atoms with Crippen molar-refractivity contribution in [2.45, 2.75) is 104 Å². The molecule has 0 radical (unpaired) electrons. The minimum Gasteiger partial charge on any atom is -0.463 e. The van der Waals surface area contributed by atoms with Gasteiger partial charge in [0.15, 0.2) is 0 Å². The maximum atomic E-state index is 11.7. The van der Waals surface area contributed by atoms with Gasteiger partial charge in [-0.15, -0.1) is 0 Å². The van der Waals surface area contributed by atoms with Crippen molar-refractivity contribution in [3.8, 4) is 0 Å². The van der Waals surface area contributed by atoms with Crippen molar-refractivity contribution in [1.82, 2.24) is 9.55 Å². The first-order chi connectivity index (χ1) is 15.0. The molecule has 0 unspecified atom stereocenters. The molecule has 1 aromatic rings. The van der Waals surface area contributed by atoms with Crippen molar-refractivity contribution in [3.63, 3.8) is 0 Å². The highest BCUT2D eigenvalue weighted by Gasteiger charge is 2.04. The summed E-state index contributed by atoms with van der Waals surface area (Å²) in [5.41, 5.74) is -0.936. The zero-order chi connectivity index (χ0) is 22.7. The Morgan fingerprint density at radius 1 is 0.903 bits per heavy atom. The molecule has 1 heterocycles. The number of unbranched alkanes of at least 4 members (excludes halogenated alkanes) is 12. The molecule has 0 amide bonds. The van der Waals surface area contributed by atoms with E-state index in [9.17, 15) is 14.4 Å².